The fraction of sp³-hybridized carbons (Fsp3) is 0.333. The maximum atomic E-state index is 11.9. The van der Waals surface area contributed by atoms with Crippen LogP contribution in [0, 0.1) is 11.3 Å². The number of nitriles is 1. The highest BCUT2D eigenvalue weighted by molar-refractivity contribution is 5.96. The van der Waals surface area contributed by atoms with E-state index in [1.54, 1.807) is 0 Å². The van der Waals surface area contributed by atoms with Gasteiger partial charge >= 0.3 is 6.03 Å². The fourth-order valence-electron chi connectivity index (χ4n) is 3.62. The summed E-state index contributed by atoms with van der Waals surface area (Å²) in [4.78, 5) is 11.9. The number of amides is 2. The summed E-state index contributed by atoms with van der Waals surface area (Å²) in [6, 6.07) is 15.8. The van der Waals surface area contributed by atoms with E-state index in [0.29, 0.717) is 17.9 Å². The molecule has 0 saturated carbocycles. The Kier molecular flexibility index (Phi) is 6.31. The van der Waals surface area contributed by atoms with Gasteiger partial charge in [0.05, 0.1) is 23.4 Å². The minimum Gasteiger partial charge on any atom is -0.494 e. The number of urea groups is 1. The van der Waals surface area contributed by atoms with Crippen LogP contribution >= 0.6 is 0 Å². The smallest absolute Gasteiger partial charge is 0.319 e. The molecule has 6 nitrogen and oxygen atoms in total. The monoisotopic (exact) mass is 404 g/mol. The van der Waals surface area contributed by atoms with Crippen LogP contribution in [0.25, 0.3) is 22.2 Å². The van der Waals surface area contributed by atoms with Crippen molar-refractivity contribution in [3.8, 4) is 23.1 Å². The summed E-state index contributed by atoms with van der Waals surface area (Å²) in [6.45, 7) is 10.6. The summed E-state index contributed by atoms with van der Waals surface area (Å²) in [6.07, 6.45) is 0. The molecule has 1 aromatic heterocycles. The van der Waals surface area contributed by atoms with E-state index in [0.717, 1.165) is 27.9 Å². The van der Waals surface area contributed by atoms with Crippen molar-refractivity contribution in [1.29, 1.82) is 5.26 Å². The molecule has 0 aliphatic carbocycles. The van der Waals surface area contributed by atoms with Crippen LogP contribution in [-0.2, 0) is 0 Å². The Morgan fingerprint density at radius 1 is 1.13 bits per heavy atom. The van der Waals surface area contributed by atoms with Crippen LogP contribution in [0.1, 0.15) is 46.2 Å². The number of fused-ring (bicyclic) bond motifs is 1. The lowest BCUT2D eigenvalue weighted by Gasteiger charge is -2.16. The average Bonchev–Trinajstić information content (AvgIpc) is 3.02. The largest absolute Gasteiger partial charge is 0.494 e. The molecule has 156 valence electrons. The van der Waals surface area contributed by atoms with Crippen LogP contribution in [0.15, 0.2) is 42.5 Å². The molecule has 0 spiro atoms. The standard InChI is InChI=1S/C24H28N4O2/c1-6-30-19-11-12-20-21(14-25)23(28(16(4)5)22(20)13-19)17-7-9-18(10-8-17)27-24(29)26-15(2)3/h7-13,15-16H,6H2,1-5H3,(H2,26,27,29). The zero-order valence-corrected chi connectivity index (χ0v) is 18.1. The fourth-order valence-corrected chi connectivity index (χ4v) is 3.62. The van der Waals surface area contributed by atoms with Gasteiger partial charge in [-0.3, -0.25) is 0 Å². The Morgan fingerprint density at radius 3 is 2.40 bits per heavy atom. The number of hydrogen-bond donors (Lipinski definition) is 2. The Labute approximate surface area is 177 Å². The number of carbonyl (C=O) groups is 1. The lowest BCUT2D eigenvalue weighted by Crippen LogP contribution is -2.34. The number of nitrogens with one attached hydrogen (secondary N) is 2. The number of anilines is 1. The first-order valence-electron chi connectivity index (χ1n) is 10.2. The molecule has 3 rings (SSSR count). The van der Waals surface area contributed by atoms with Crippen LogP contribution in [0.3, 0.4) is 0 Å². The van der Waals surface area contributed by atoms with Gasteiger partial charge in [-0.05, 0) is 64.4 Å². The molecule has 3 aromatic rings. The average molecular weight is 405 g/mol. The molecule has 2 amide bonds. The van der Waals surface area contributed by atoms with Gasteiger partial charge in [0.25, 0.3) is 0 Å². The van der Waals surface area contributed by atoms with Crippen molar-refractivity contribution in [1.82, 2.24) is 9.88 Å². The van der Waals surface area contributed by atoms with Gasteiger partial charge in [-0.1, -0.05) is 12.1 Å². The summed E-state index contributed by atoms with van der Waals surface area (Å²) in [7, 11) is 0. The predicted molar refractivity (Wildman–Crippen MR) is 121 cm³/mol. The van der Waals surface area contributed by atoms with Gasteiger partial charge in [-0.25, -0.2) is 4.79 Å². The van der Waals surface area contributed by atoms with Crippen molar-refractivity contribution >= 4 is 22.6 Å². The van der Waals surface area contributed by atoms with Crippen LogP contribution in [-0.4, -0.2) is 23.2 Å². The first-order chi connectivity index (χ1) is 14.3. The van der Waals surface area contributed by atoms with Crippen molar-refractivity contribution in [3.05, 3.63) is 48.0 Å². The summed E-state index contributed by atoms with van der Waals surface area (Å²) in [5.41, 5.74) is 4.10. The first-order valence-corrected chi connectivity index (χ1v) is 10.2. The van der Waals surface area contributed by atoms with Crippen LogP contribution in [0.5, 0.6) is 5.75 Å². The van der Waals surface area contributed by atoms with E-state index in [-0.39, 0.29) is 18.1 Å². The van der Waals surface area contributed by atoms with E-state index in [1.807, 2.05) is 63.2 Å². The van der Waals surface area contributed by atoms with Crippen LogP contribution in [0.4, 0.5) is 10.5 Å². The summed E-state index contributed by atoms with van der Waals surface area (Å²) >= 11 is 0. The number of hydrogen-bond acceptors (Lipinski definition) is 3. The number of carbonyl (C=O) groups excluding carboxylic acids is 1. The molecule has 1 heterocycles. The summed E-state index contributed by atoms with van der Waals surface area (Å²) in [5, 5.41) is 16.5. The van der Waals surface area contributed by atoms with Crippen molar-refractivity contribution in [3.63, 3.8) is 0 Å². The lowest BCUT2D eigenvalue weighted by atomic mass is 10.1. The van der Waals surface area contributed by atoms with Crippen molar-refractivity contribution < 1.29 is 9.53 Å². The molecule has 0 radical (unpaired) electrons. The van der Waals surface area contributed by atoms with Gasteiger partial charge in [-0.2, -0.15) is 5.26 Å². The van der Waals surface area contributed by atoms with E-state index in [2.05, 4.69) is 35.1 Å². The van der Waals surface area contributed by atoms with E-state index >= 15 is 0 Å². The second-order valence-corrected chi connectivity index (χ2v) is 7.74. The highest BCUT2D eigenvalue weighted by atomic mass is 16.5. The molecule has 30 heavy (non-hydrogen) atoms. The molecule has 0 saturated heterocycles. The maximum Gasteiger partial charge on any atom is 0.319 e. The van der Waals surface area contributed by atoms with Crippen molar-refractivity contribution in [2.24, 2.45) is 0 Å². The first kappa shape index (κ1) is 21.3. The van der Waals surface area contributed by atoms with Gasteiger partial charge in [0.15, 0.2) is 0 Å². The topological polar surface area (TPSA) is 79.1 Å². The number of rotatable bonds is 6. The molecule has 0 fully saturated rings. The zero-order valence-electron chi connectivity index (χ0n) is 18.1. The number of nitrogens with zero attached hydrogens (tertiary/aromatic N) is 2. The normalized spacial score (nSPS) is 11.0. The zero-order chi connectivity index (χ0) is 21.8. The van der Waals surface area contributed by atoms with Gasteiger partial charge in [0.1, 0.15) is 11.8 Å². The van der Waals surface area contributed by atoms with Crippen molar-refractivity contribution in [2.45, 2.75) is 46.7 Å². The summed E-state index contributed by atoms with van der Waals surface area (Å²) < 4.78 is 7.85. The highest BCUT2D eigenvalue weighted by Gasteiger charge is 2.21. The van der Waals surface area contributed by atoms with Gasteiger partial charge in [-0.15, -0.1) is 0 Å². The van der Waals surface area contributed by atoms with Gasteiger partial charge < -0.3 is 19.9 Å². The third kappa shape index (κ3) is 4.25. The number of aromatic nitrogens is 1. The molecule has 0 bridgehead atoms. The number of ether oxygens (including phenoxy) is 1. The van der Waals surface area contributed by atoms with Crippen LogP contribution in [0.2, 0.25) is 0 Å². The Morgan fingerprint density at radius 2 is 1.83 bits per heavy atom. The van der Waals surface area contributed by atoms with Gasteiger partial charge in [0.2, 0.25) is 0 Å². The molecule has 6 heteroatoms. The highest BCUT2D eigenvalue weighted by Crippen LogP contribution is 2.37. The van der Waals surface area contributed by atoms with E-state index in [9.17, 15) is 10.1 Å². The third-order valence-corrected chi connectivity index (χ3v) is 4.75. The van der Waals surface area contributed by atoms with E-state index in [4.69, 9.17) is 4.74 Å². The Balaban J connectivity index is 2.07. The SMILES string of the molecule is CCOc1ccc2c(C#N)c(-c3ccc(NC(=O)NC(C)C)cc3)n(C(C)C)c2c1. The molecule has 0 unspecified atom stereocenters. The second kappa shape index (κ2) is 8.91. The molecule has 2 N–H and O–H groups in total. The Bertz CT molecular complexity index is 1090. The molecular weight excluding hydrogens is 376 g/mol. The van der Waals surface area contributed by atoms with Gasteiger partial charge in [0, 0.05) is 29.2 Å². The quantitative estimate of drug-likeness (QED) is 0.554. The van der Waals surface area contributed by atoms with Crippen molar-refractivity contribution in [2.75, 3.05) is 11.9 Å². The predicted octanol–water partition coefficient (Wildman–Crippen LogP) is 5.69. The molecule has 0 atom stereocenters. The lowest BCUT2D eigenvalue weighted by molar-refractivity contribution is 0.250. The summed E-state index contributed by atoms with van der Waals surface area (Å²) in [5.74, 6) is 0.788. The van der Waals surface area contributed by atoms with Crippen LogP contribution < -0.4 is 15.4 Å². The minimum atomic E-state index is -0.241. The molecule has 2 aromatic carbocycles. The second-order valence-electron chi connectivity index (χ2n) is 7.74. The maximum absolute atomic E-state index is 11.9. The molecule has 0 aliphatic rings. The number of benzene rings is 2. The molecular formula is C24H28N4O2. The minimum absolute atomic E-state index is 0.0609. The molecule has 0 aliphatic heterocycles. The Hall–Kier alpha value is -3.46. The third-order valence-electron chi connectivity index (χ3n) is 4.75. The van der Waals surface area contributed by atoms with E-state index in [1.165, 1.54) is 0 Å². The van der Waals surface area contributed by atoms with E-state index < -0.39 is 0 Å².